The predicted molar refractivity (Wildman–Crippen MR) is 92.7 cm³/mol. The number of nitrogens with one attached hydrogen (secondary N) is 1. The maximum absolute atomic E-state index is 12.4. The zero-order valence-electron chi connectivity index (χ0n) is 13.8. The molecule has 2 rings (SSSR count). The number of amides is 1. The number of carbonyl (C=O) groups is 1. The standard InChI is InChI=1S/C19H25N3O/c1-19(2,14-20)13-18(23)22-17(15-8-4-3-5-9-15)12-16-10-6-7-11-21-16/h3-11,17H,12-14,20H2,1-2H3,(H,22,23). The van der Waals surface area contributed by atoms with Gasteiger partial charge in [-0.25, -0.2) is 0 Å². The molecule has 3 N–H and O–H groups in total. The smallest absolute Gasteiger partial charge is 0.221 e. The second-order valence-corrected chi connectivity index (χ2v) is 6.60. The highest BCUT2D eigenvalue weighted by Crippen LogP contribution is 2.21. The van der Waals surface area contributed by atoms with E-state index in [0.29, 0.717) is 19.4 Å². The average Bonchev–Trinajstić information content (AvgIpc) is 2.55. The van der Waals surface area contributed by atoms with Crippen molar-refractivity contribution < 1.29 is 4.79 Å². The summed E-state index contributed by atoms with van der Waals surface area (Å²) in [5.74, 6) is 0.0187. The number of rotatable bonds is 7. The first-order chi connectivity index (χ1) is 11.0. The third-order valence-electron chi connectivity index (χ3n) is 3.87. The van der Waals surface area contributed by atoms with Crippen LogP contribution in [-0.2, 0) is 11.2 Å². The molecule has 0 saturated carbocycles. The summed E-state index contributed by atoms with van der Waals surface area (Å²) in [6.07, 6.45) is 2.85. The van der Waals surface area contributed by atoms with E-state index in [2.05, 4.69) is 10.3 Å². The van der Waals surface area contributed by atoms with E-state index in [4.69, 9.17) is 5.73 Å². The van der Waals surface area contributed by atoms with Crippen LogP contribution in [0.1, 0.15) is 37.6 Å². The Kier molecular flexibility index (Phi) is 5.88. The lowest BCUT2D eigenvalue weighted by Crippen LogP contribution is -2.35. The predicted octanol–water partition coefficient (Wildman–Crippen LogP) is 2.86. The molecule has 0 aliphatic heterocycles. The van der Waals surface area contributed by atoms with Crippen molar-refractivity contribution >= 4 is 5.91 Å². The van der Waals surface area contributed by atoms with Gasteiger partial charge in [-0.15, -0.1) is 0 Å². The lowest BCUT2D eigenvalue weighted by Gasteiger charge is -2.24. The van der Waals surface area contributed by atoms with E-state index in [0.717, 1.165) is 11.3 Å². The molecule has 23 heavy (non-hydrogen) atoms. The Labute approximate surface area is 138 Å². The Morgan fingerprint density at radius 1 is 1.17 bits per heavy atom. The van der Waals surface area contributed by atoms with Crippen LogP contribution in [0.2, 0.25) is 0 Å². The Bertz CT molecular complexity index is 611. The van der Waals surface area contributed by atoms with Crippen LogP contribution in [0.3, 0.4) is 0 Å². The van der Waals surface area contributed by atoms with Crippen molar-refractivity contribution in [3.8, 4) is 0 Å². The van der Waals surface area contributed by atoms with Gasteiger partial charge in [0.1, 0.15) is 0 Å². The summed E-state index contributed by atoms with van der Waals surface area (Å²) in [5, 5.41) is 3.14. The van der Waals surface area contributed by atoms with Crippen LogP contribution in [0.25, 0.3) is 0 Å². The number of carbonyl (C=O) groups excluding carboxylic acids is 1. The van der Waals surface area contributed by atoms with Crippen molar-refractivity contribution in [2.75, 3.05) is 6.54 Å². The van der Waals surface area contributed by atoms with Gasteiger partial charge in [-0.3, -0.25) is 9.78 Å². The lowest BCUT2D eigenvalue weighted by molar-refractivity contribution is -0.123. The van der Waals surface area contributed by atoms with Crippen LogP contribution in [0, 0.1) is 5.41 Å². The minimum absolute atomic E-state index is 0.0187. The highest BCUT2D eigenvalue weighted by atomic mass is 16.1. The number of pyridine rings is 1. The molecule has 4 heteroatoms. The minimum Gasteiger partial charge on any atom is -0.349 e. The molecule has 0 aliphatic rings. The van der Waals surface area contributed by atoms with Gasteiger partial charge in [-0.1, -0.05) is 50.2 Å². The maximum Gasteiger partial charge on any atom is 0.221 e. The van der Waals surface area contributed by atoms with E-state index < -0.39 is 0 Å². The van der Waals surface area contributed by atoms with Gasteiger partial charge in [-0.2, -0.15) is 0 Å². The van der Waals surface area contributed by atoms with Gasteiger partial charge in [0.25, 0.3) is 0 Å². The van der Waals surface area contributed by atoms with E-state index in [1.54, 1.807) is 6.20 Å². The summed E-state index contributed by atoms with van der Waals surface area (Å²) in [5.41, 5.74) is 7.57. The van der Waals surface area contributed by atoms with Crippen molar-refractivity contribution in [1.82, 2.24) is 10.3 Å². The molecule has 0 spiro atoms. The normalized spacial score (nSPS) is 12.7. The largest absolute Gasteiger partial charge is 0.349 e. The summed E-state index contributed by atoms with van der Waals surface area (Å²) in [6, 6.07) is 15.7. The van der Waals surface area contributed by atoms with Crippen molar-refractivity contribution in [3.63, 3.8) is 0 Å². The molecule has 1 unspecified atom stereocenters. The zero-order valence-corrected chi connectivity index (χ0v) is 13.8. The van der Waals surface area contributed by atoms with Gasteiger partial charge >= 0.3 is 0 Å². The van der Waals surface area contributed by atoms with Gasteiger partial charge in [-0.05, 0) is 29.7 Å². The van der Waals surface area contributed by atoms with Crippen molar-refractivity contribution in [3.05, 3.63) is 66.0 Å². The SMILES string of the molecule is CC(C)(CN)CC(=O)NC(Cc1ccccn1)c1ccccc1. The summed E-state index contributed by atoms with van der Waals surface area (Å²) < 4.78 is 0. The quantitative estimate of drug-likeness (QED) is 0.826. The molecule has 4 nitrogen and oxygen atoms in total. The van der Waals surface area contributed by atoms with Gasteiger partial charge in [0, 0.05) is 24.7 Å². The molecule has 2 aromatic rings. The third-order valence-corrected chi connectivity index (χ3v) is 3.87. The molecule has 1 heterocycles. The summed E-state index contributed by atoms with van der Waals surface area (Å²) in [7, 11) is 0. The number of hydrogen-bond donors (Lipinski definition) is 2. The molecular weight excluding hydrogens is 286 g/mol. The van der Waals surface area contributed by atoms with Gasteiger partial charge < -0.3 is 11.1 Å². The van der Waals surface area contributed by atoms with Crippen LogP contribution in [0.5, 0.6) is 0 Å². The monoisotopic (exact) mass is 311 g/mol. The number of benzene rings is 1. The number of hydrogen-bond acceptors (Lipinski definition) is 3. The molecule has 1 aromatic heterocycles. The van der Waals surface area contributed by atoms with Crippen LogP contribution in [0.15, 0.2) is 54.7 Å². The van der Waals surface area contributed by atoms with Gasteiger partial charge in [0.15, 0.2) is 0 Å². The fourth-order valence-corrected chi connectivity index (χ4v) is 2.42. The Morgan fingerprint density at radius 2 is 1.87 bits per heavy atom. The molecule has 0 aliphatic carbocycles. The van der Waals surface area contributed by atoms with E-state index in [1.165, 1.54) is 0 Å². The summed E-state index contributed by atoms with van der Waals surface area (Å²) >= 11 is 0. The van der Waals surface area contributed by atoms with E-state index in [1.807, 2.05) is 62.4 Å². The molecular formula is C19H25N3O. The molecule has 1 aromatic carbocycles. The first kappa shape index (κ1) is 17.2. The third kappa shape index (κ3) is 5.49. The molecule has 122 valence electrons. The molecule has 0 radical (unpaired) electrons. The van der Waals surface area contributed by atoms with Gasteiger partial charge in [0.05, 0.1) is 6.04 Å². The number of nitrogens with two attached hydrogens (primary N) is 1. The second-order valence-electron chi connectivity index (χ2n) is 6.60. The zero-order chi connectivity index (χ0) is 16.7. The fraction of sp³-hybridized carbons (Fsp3) is 0.368. The van der Waals surface area contributed by atoms with Crippen LogP contribution in [0.4, 0.5) is 0 Å². The average molecular weight is 311 g/mol. The highest BCUT2D eigenvalue weighted by Gasteiger charge is 2.23. The Morgan fingerprint density at radius 3 is 2.48 bits per heavy atom. The lowest BCUT2D eigenvalue weighted by atomic mass is 9.89. The van der Waals surface area contributed by atoms with Crippen molar-refractivity contribution in [2.45, 2.75) is 32.7 Å². The fourth-order valence-electron chi connectivity index (χ4n) is 2.42. The minimum atomic E-state index is -0.198. The molecule has 0 fully saturated rings. The molecule has 0 saturated heterocycles. The summed E-state index contributed by atoms with van der Waals surface area (Å²) in [4.78, 5) is 16.8. The summed E-state index contributed by atoms with van der Waals surface area (Å²) in [6.45, 7) is 4.49. The second kappa shape index (κ2) is 7.88. The Balaban J connectivity index is 2.13. The topological polar surface area (TPSA) is 68.0 Å². The first-order valence-corrected chi connectivity index (χ1v) is 7.94. The van der Waals surface area contributed by atoms with Crippen LogP contribution in [-0.4, -0.2) is 17.4 Å². The van der Waals surface area contributed by atoms with Crippen molar-refractivity contribution in [1.29, 1.82) is 0 Å². The first-order valence-electron chi connectivity index (χ1n) is 7.94. The highest BCUT2D eigenvalue weighted by molar-refractivity contribution is 5.77. The Hall–Kier alpha value is -2.20. The van der Waals surface area contributed by atoms with Crippen LogP contribution >= 0.6 is 0 Å². The number of nitrogens with zero attached hydrogens (tertiary/aromatic N) is 1. The molecule has 1 atom stereocenters. The van der Waals surface area contributed by atoms with Crippen molar-refractivity contribution in [2.24, 2.45) is 11.1 Å². The molecule has 0 bridgehead atoms. The molecule has 1 amide bonds. The maximum atomic E-state index is 12.4. The van der Waals surface area contributed by atoms with Gasteiger partial charge in [0.2, 0.25) is 5.91 Å². The van der Waals surface area contributed by atoms with E-state index in [-0.39, 0.29) is 17.4 Å². The van der Waals surface area contributed by atoms with E-state index >= 15 is 0 Å². The number of aromatic nitrogens is 1. The van der Waals surface area contributed by atoms with E-state index in [9.17, 15) is 4.79 Å². The van der Waals surface area contributed by atoms with Crippen LogP contribution < -0.4 is 11.1 Å².